The third-order valence-corrected chi connectivity index (χ3v) is 5.26. The summed E-state index contributed by atoms with van der Waals surface area (Å²) < 4.78 is 24.5. The van der Waals surface area contributed by atoms with E-state index in [4.69, 9.17) is 15.2 Å². The van der Waals surface area contributed by atoms with Crippen LogP contribution in [0.3, 0.4) is 0 Å². The number of carbonyl (C=O) groups excluding carboxylic acids is 3. The minimum atomic E-state index is -0.717. The number of carbonyl (C=O) groups is 3. The highest BCUT2D eigenvalue weighted by molar-refractivity contribution is 7.18. The Labute approximate surface area is 174 Å². The molecule has 3 N–H and O–H groups in total. The van der Waals surface area contributed by atoms with Gasteiger partial charge in [-0.1, -0.05) is 0 Å². The number of esters is 1. The normalized spacial score (nSPS) is 10.5. The van der Waals surface area contributed by atoms with Crippen molar-refractivity contribution in [2.24, 2.45) is 5.73 Å². The van der Waals surface area contributed by atoms with Crippen LogP contribution in [-0.4, -0.2) is 34.7 Å². The summed E-state index contributed by atoms with van der Waals surface area (Å²) in [6.45, 7) is 1.54. The number of anilines is 1. The maximum Gasteiger partial charge on any atom is 0.341 e. The topological polar surface area (TPSA) is 126 Å². The number of halogens is 1. The summed E-state index contributed by atoms with van der Waals surface area (Å²) in [6.07, 6.45) is 1.52. The van der Waals surface area contributed by atoms with Crippen molar-refractivity contribution >= 4 is 34.1 Å². The first-order valence-electron chi connectivity index (χ1n) is 8.54. The lowest BCUT2D eigenvalue weighted by Crippen LogP contribution is -2.16. The van der Waals surface area contributed by atoms with Gasteiger partial charge in [0, 0.05) is 6.20 Å². The van der Waals surface area contributed by atoms with E-state index in [-0.39, 0.29) is 33.7 Å². The molecule has 0 saturated heterocycles. The van der Waals surface area contributed by atoms with Crippen LogP contribution in [-0.2, 0) is 11.5 Å². The number of nitrogens with one attached hydrogen (secondary N) is 1. The molecule has 0 aliphatic carbocycles. The van der Waals surface area contributed by atoms with Crippen molar-refractivity contribution in [3.05, 3.63) is 64.0 Å². The van der Waals surface area contributed by atoms with Gasteiger partial charge in [0.15, 0.2) is 12.4 Å². The lowest BCUT2D eigenvalue weighted by molar-refractivity contribution is 0.0601. The van der Waals surface area contributed by atoms with Crippen LogP contribution in [0.15, 0.2) is 36.5 Å². The number of rotatable bonds is 7. The molecule has 2 heterocycles. The summed E-state index contributed by atoms with van der Waals surface area (Å²) in [7, 11) is 1.19. The Kier molecular flexibility index (Phi) is 6.11. The highest BCUT2D eigenvalue weighted by Gasteiger charge is 2.26. The van der Waals surface area contributed by atoms with Crippen molar-refractivity contribution in [3.63, 3.8) is 0 Å². The van der Waals surface area contributed by atoms with Crippen LogP contribution in [0.25, 0.3) is 0 Å². The van der Waals surface area contributed by atoms with Crippen LogP contribution in [0, 0.1) is 12.7 Å². The molecule has 0 saturated carbocycles. The first kappa shape index (κ1) is 21.0. The molecule has 156 valence electrons. The SMILES string of the molecule is COC(=O)c1c(NC(=O)c2ccn(COc3ccc(F)cc3)n2)sc(C(N)=O)c1C. The Bertz CT molecular complexity index is 1110. The highest BCUT2D eigenvalue weighted by Crippen LogP contribution is 2.33. The molecule has 9 nitrogen and oxygen atoms in total. The summed E-state index contributed by atoms with van der Waals surface area (Å²) in [5, 5.41) is 6.80. The van der Waals surface area contributed by atoms with Gasteiger partial charge in [-0.05, 0) is 42.8 Å². The maximum atomic E-state index is 12.9. The fourth-order valence-electron chi connectivity index (χ4n) is 2.58. The molecule has 0 spiro atoms. The molecular formula is C19H17FN4O5S. The van der Waals surface area contributed by atoms with Crippen molar-refractivity contribution in [2.75, 3.05) is 12.4 Å². The van der Waals surface area contributed by atoms with Gasteiger partial charge in [0.25, 0.3) is 11.8 Å². The Morgan fingerprint density at radius 2 is 1.93 bits per heavy atom. The van der Waals surface area contributed by atoms with E-state index in [1.165, 1.54) is 48.3 Å². The molecule has 30 heavy (non-hydrogen) atoms. The number of amides is 2. The summed E-state index contributed by atoms with van der Waals surface area (Å²) in [6, 6.07) is 6.92. The molecule has 0 aliphatic rings. The summed E-state index contributed by atoms with van der Waals surface area (Å²) in [5.41, 5.74) is 5.77. The number of thiophene rings is 1. The molecule has 0 aliphatic heterocycles. The molecule has 2 amide bonds. The second-order valence-corrected chi connectivity index (χ2v) is 7.06. The fraction of sp³-hybridized carbons (Fsp3) is 0.158. The molecule has 0 bridgehead atoms. The Morgan fingerprint density at radius 3 is 2.57 bits per heavy atom. The lowest BCUT2D eigenvalue weighted by Gasteiger charge is -2.06. The van der Waals surface area contributed by atoms with Gasteiger partial charge in [0.1, 0.15) is 16.6 Å². The summed E-state index contributed by atoms with van der Waals surface area (Å²) in [4.78, 5) is 36.4. The number of hydrogen-bond acceptors (Lipinski definition) is 7. The zero-order chi connectivity index (χ0) is 21.8. The zero-order valence-electron chi connectivity index (χ0n) is 16.0. The van der Waals surface area contributed by atoms with E-state index in [2.05, 4.69) is 10.4 Å². The second-order valence-electron chi connectivity index (χ2n) is 6.04. The monoisotopic (exact) mass is 432 g/mol. The van der Waals surface area contributed by atoms with E-state index in [0.29, 0.717) is 11.3 Å². The van der Waals surface area contributed by atoms with Gasteiger partial charge in [0.05, 0.1) is 17.6 Å². The number of benzene rings is 1. The van der Waals surface area contributed by atoms with Crippen molar-refractivity contribution in [1.82, 2.24) is 9.78 Å². The van der Waals surface area contributed by atoms with Crippen LogP contribution < -0.4 is 15.8 Å². The predicted octanol–water partition coefficient (Wildman–Crippen LogP) is 2.57. The van der Waals surface area contributed by atoms with E-state index in [1.807, 2.05) is 0 Å². The van der Waals surface area contributed by atoms with Gasteiger partial charge in [0.2, 0.25) is 0 Å². The van der Waals surface area contributed by atoms with E-state index in [0.717, 1.165) is 11.3 Å². The van der Waals surface area contributed by atoms with Crippen molar-refractivity contribution < 1.29 is 28.2 Å². The molecule has 0 unspecified atom stereocenters. The molecule has 3 aromatic rings. The van der Waals surface area contributed by atoms with Crippen LogP contribution >= 0.6 is 11.3 Å². The van der Waals surface area contributed by atoms with Gasteiger partial charge in [-0.15, -0.1) is 11.3 Å². The third-order valence-electron chi connectivity index (χ3n) is 4.04. The molecule has 0 atom stereocenters. The molecule has 11 heteroatoms. The molecule has 2 aromatic heterocycles. The van der Waals surface area contributed by atoms with Crippen molar-refractivity contribution in [3.8, 4) is 5.75 Å². The average Bonchev–Trinajstić information content (AvgIpc) is 3.32. The second kappa shape index (κ2) is 8.74. The summed E-state index contributed by atoms with van der Waals surface area (Å²) in [5.74, 6) is -1.96. The Hall–Kier alpha value is -3.73. The number of primary amides is 1. The quantitative estimate of drug-likeness (QED) is 0.553. The minimum Gasteiger partial charge on any atom is -0.471 e. The smallest absolute Gasteiger partial charge is 0.341 e. The largest absolute Gasteiger partial charge is 0.471 e. The molecular weight excluding hydrogens is 415 g/mol. The van der Waals surface area contributed by atoms with E-state index >= 15 is 0 Å². The fourth-order valence-corrected chi connectivity index (χ4v) is 3.62. The Morgan fingerprint density at radius 1 is 1.23 bits per heavy atom. The lowest BCUT2D eigenvalue weighted by atomic mass is 10.1. The number of aromatic nitrogens is 2. The summed E-state index contributed by atoms with van der Waals surface area (Å²) >= 11 is 0.879. The van der Waals surface area contributed by atoms with Crippen LogP contribution in [0.4, 0.5) is 9.39 Å². The molecule has 0 radical (unpaired) electrons. The van der Waals surface area contributed by atoms with Crippen molar-refractivity contribution in [2.45, 2.75) is 13.7 Å². The first-order chi connectivity index (χ1) is 14.3. The van der Waals surface area contributed by atoms with Crippen LogP contribution in [0.1, 0.15) is 36.1 Å². The Balaban J connectivity index is 1.74. The minimum absolute atomic E-state index is 0.00371. The number of methoxy groups -OCH3 is 1. The van der Waals surface area contributed by atoms with Gasteiger partial charge in [-0.25, -0.2) is 13.9 Å². The number of nitrogens with zero attached hydrogens (tertiary/aromatic N) is 2. The molecule has 3 rings (SSSR count). The molecule has 0 fully saturated rings. The van der Waals surface area contributed by atoms with Crippen LogP contribution in [0.5, 0.6) is 5.75 Å². The van der Waals surface area contributed by atoms with Crippen LogP contribution in [0.2, 0.25) is 0 Å². The third kappa shape index (κ3) is 4.46. The number of ether oxygens (including phenoxy) is 2. The number of nitrogens with two attached hydrogens (primary N) is 1. The van der Waals surface area contributed by atoms with Gasteiger partial charge >= 0.3 is 5.97 Å². The average molecular weight is 432 g/mol. The standard InChI is InChI=1S/C19H17FN4O5S/c1-10-14(19(27)28-2)18(30-15(10)16(21)25)22-17(26)13-7-8-24(23-13)9-29-12-5-3-11(20)4-6-12/h3-8H,9H2,1-2H3,(H2,21,25)(H,22,26). The maximum absolute atomic E-state index is 12.9. The highest BCUT2D eigenvalue weighted by atomic mass is 32.1. The predicted molar refractivity (Wildman–Crippen MR) is 106 cm³/mol. The number of hydrogen-bond donors (Lipinski definition) is 2. The van der Waals surface area contributed by atoms with Crippen molar-refractivity contribution in [1.29, 1.82) is 0 Å². The van der Waals surface area contributed by atoms with E-state index in [9.17, 15) is 18.8 Å². The van der Waals surface area contributed by atoms with Gasteiger partial charge in [-0.2, -0.15) is 5.10 Å². The van der Waals surface area contributed by atoms with E-state index in [1.54, 1.807) is 6.92 Å². The molecule has 1 aromatic carbocycles. The van der Waals surface area contributed by atoms with E-state index < -0.39 is 17.8 Å². The zero-order valence-corrected chi connectivity index (χ0v) is 16.8. The van der Waals surface area contributed by atoms with Gasteiger partial charge in [-0.3, -0.25) is 9.59 Å². The van der Waals surface area contributed by atoms with Gasteiger partial charge < -0.3 is 20.5 Å². The first-order valence-corrected chi connectivity index (χ1v) is 9.36.